The molecule has 0 unspecified atom stereocenters. The van der Waals surface area contributed by atoms with Crippen molar-refractivity contribution in [3.8, 4) is 5.75 Å². The standard InChI is InChI=1S/C16H18FN5O2/c1-12(10-22-8-2-7-19-22)18-9-16-20-15(21-24-16)11-23-14-5-3-13(17)4-6-14/h2-8,12,18H,9-11H2,1H3/t12-/m1/s1. The summed E-state index contributed by atoms with van der Waals surface area (Å²) in [6.07, 6.45) is 3.66. The van der Waals surface area contributed by atoms with Crippen LogP contribution in [0.1, 0.15) is 18.6 Å². The molecular weight excluding hydrogens is 313 g/mol. The number of hydrogen-bond donors (Lipinski definition) is 1. The van der Waals surface area contributed by atoms with Crippen LogP contribution in [-0.2, 0) is 19.7 Å². The summed E-state index contributed by atoms with van der Waals surface area (Å²) in [6.45, 7) is 3.43. The van der Waals surface area contributed by atoms with Crippen molar-refractivity contribution in [2.45, 2.75) is 32.7 Å². The minimum atomic E-state index is -0.306. The minimum Gasteiger partial charge on any atom is -0.485 e. The third-order valence-electron chi connectivity index (χ3n) is 3.31. The first kappa shape index (κ1) is 16.1. The van der Waals surface area contributed by atoms with Crippen LogP contribution < -0.4 is 10.1 Å². The van der Waals surface area contributed by atoms with Gasteiger partial charge in [-0.1, -0.05) is 5.16 Å². The Labute approximate surface area is 138 Å². The van der Waals surface area contributed by atoms with E-state index >= 15 is 0 Å². The van der Waals surface area contributed by atoms with E-state index in [1.54, 1.807) is 18.3 Å². The van der Waals surface area contributed by atoms with Crippen molar-refractivity contribution in [2.75, 3.05) is 0 Å². The fourth-order valence-electron chi connectivity index (χ4n) is 2.11. The van der Waals surface area contributed by atoms with Crippen molar-refractivity contribution >= 4 is 0 Å². The van der Waals surface area contributed by atoms with E-state index < -0.39 is 0 Å². The number of nitrogens with zero attached hydrogens (tertiary/aromatic N) is 4. The molecule has 1 aromatic carbocycles. The smallest absolute Gasteiger partial charge is 0.240 e. The summed E-state index contributed by atoms with van der Waals surface area (Å²) in [6, 6.07) is 7.86. The minimum absolute atomic E-state index is 0.165. The summed E-state index contributed by atoms with van der Waals surface area (Å²) in [4.78, 5) is 4.25. The molecule has 2 heterocycles. The third-order valence-corrected chi connectivity index (χ3v) is 3.31. The Kier molecular flexibility index (Phi) is 5.17. The van der Waals surface area contributed by atoms with Crippen LogP contribution >= 0.6 is 0 Å². The molecule has 0 amide bonds. The Bertz CT molecular complexity index is 742. The van der Waals surface area contributed by atoms with Crippen LogP contribution in [0.4, 0.5) is 4.39 Å². The zero-order valence-corrected chi connectivity index (χ0v) is 13.2. The van der Waals surface area contributed by atoms with Gasteiger partial charge in [-0.2, -0.15) is 10.1 Å². The van der Waals surface area contributed by atoms with Gasteiger partial charge in [0.05, 0.1) is 13.1 Å². The molecule has 2 aromatic heterocycles. The molecule has 0 saturated carbocycles. The van der Waals surface area contributed by atoms with Gasteiger partial charge in [0.25, 0.3) is 0 Å². The second kappa shape index (κ2) is 7.69. The predicted molar refractivity (Wildman–Crippen MR) is 83.6 cm³/mol. The van der Waals surface area contributed by atoms with Crippen LogP contribution in [0.15, 0.2) is 47.2 Å². The van der Waals surface area contributed by atoms with E-state index in [4.69, 9.17) is 9.26 Å². The van der Waals surface area contributed by atoms with Gasteiger partial charge in [0.1, 0.15) is 11.6 Å². The van der Waals surface area contributed by atoms with Crippen molar-refractivity contribution in [1.82, 2.24) is 25.2 Å². The van der Waals surface area contributed by atoms with Crippen LogP contribution in [0.25, 0.3) is 0 Å². The molecule has 0 aliphatic carbocycles. The normalized spacial score (nSPS) is 12.2. The Morgan fingerprint density at radius 2 is 2.17 bits per heavy atom. The highest BCUT2D eigenvalue weighted by molar-refractivity contribution is 5.22. The van der Waals surface area contributed by atoms with Gasteiger partial charge in [-0.3, -0.25) is 4.68 Å². The van der Waals surface area contributed by atoms with Gasteiger partial charge in [0.2, 0.25) is 11.7 Å². The number of nitrogens with one attached hydrogen (secondary N) is 1. The molecule has 8 heteroatoms. The maximum Gasteiger partial charge on any atom is 0.240 e. The van der Waals surface area contributed by atoms with Crippen LogP contribution in [0, 0.1) is 5.82 Å². The molecule has 126 valence electrons. The second-order valence-electron chi connectivity index (χ2n) is 5.36. The monoisotopic (exact) mass is 331 g/mol. The van der Waals surface area contributed by atoms with Crippen molar-refractivity contribution in [1.29, 1.82) is 0 Å². The van der Waals surface area contributed by atoms with Crippen molar-refractivity contribution < 1.29 is 13.7 Å². The molecule has 0 aliphatic heterocycles. The number of rotatable bonds is 8. The van der Waals surface area contributed by atoms with E-state index in [1.165, 1.54) is 12.1 Å². The summed E-state index contributed by atoms with van der Waals surface area (Å²) in [5, 5.41) is 11.3. The van der Waals surface area contributed by atoms with Gasteiger partial charge in [-0.25, -0.2) is 4.39 Å². The highest BCUT2D eigenvalue weighted by atomic mass is 19.1. The van der Waals surface area contributed by atoms with Gasteiger partial charge >= 0.3 is 0 Å². The first-order chi connectivity index (χ1) is 11.7. The maximum atomic E-state index is 12.8. The van der Waals surface area contributed by atoms with Gasteiger partial charge < -0.3 is 14.6 Å². The second-order valence-corrected chi connectivity index (χ2v) is 5.36. The van der Waals surface area contributed by atoms with E-state index in [9.17, 15) is 4.39 Å². The van der Waals surface area contributed by atoms with Gasteiger partial charge in [-0.15, -0.1) is 0 Å². The molecule has 0 aliphatic rings. The van der Waals surface area contributed by atoms with E-state index in [0.29, 0.717) is 24.0 Å². The lowest BCUT2D eigenvalue weighted by molar-refractivity contribution is 0.283. The lowest BCUT2D eigenvalue weighted by atomic mass is 10.3. The number of hydrogen-bond acceptors (Lipinski definition) is 6. The topological polar surface area (TPSA) is 78.0 Å². The fourth-order valence-corrected chi connectivity index (χ4v) is 2.11. The number of ether oxygens (including phenoxy) is 1. The van der Waals surface area contributed by atoms with Crippen LogP contribution in [-0.4, -0.2) is 26.0 Å². The molecule has 0 saturated heterocycles. The number of benzene rings is 1. The molecular formula is C16H18FN5O2. The van der Waals surface area contributed by atoms with E-state index in [2.05, 4.69) is 27.5 Å². The molecule has 1 atom stereocenters. The lowest BCUT2D eigenvalue weighted by Gasteiger charge is -2.11. The molecule has 24 heavy (non-hydrogen) atoms. The number of aromatic nitrogens is 4. The molecule has 1 N–H and O–H groups in total. The first-order valence-electron chi connectivity index (χ1n) is 7.59. The highest BCUT2D eigenvalue weighted by Gasteiger charge is 2.09. The lowest BCUT2D eigenvalue weighted by Crippen LogP contribution is -2.30. The van der Waals surface area contributed by atoms with Crippen LogP contribution in [0.3, 0.4) is 0 Å². The Hall–Kier alpha value is -2.74. The largest absolute Gasteiger partial charge is 0.485 e. The highest BCUT2D eigenvalue weighted by Crippen LogP contribution is 2.12. The number of halogens is 1. The summed E-state index contributed by atoms with van der Waals surface area (Å²) in [5.41, 5.74) is 0. The predicted octanol–water partition coefficient (Wildman–Crippen LogP) is 2.16. The van der Waals surface area contributed by atoms with E-state index in [0.717, 1.165) is 6.54 Å². The van der Waals surface area contributed by atoms with Gasteiger partial charge in [-0.05, 0) is 37.3 Å². The molecule has 0 fully saturated rings. The van der Waals surface area contributed by atoms with Crippen molar-refractivity contribution in [2.24, 2.45) is 0 Å². The zero-order chi connectivity index (χ0) is 16.8. The van der Waals surface area contributed by atoms with Gasteiger partial charge in [0, 0.05) is 18.4 Å². The Balaban J connectivity index is 1.44. The third kappa shape index (κ3) is 4.63. The average Bonchev–Trinajstić information content (AvgIpc) is 3.24. The molecule has 3 aromatic rings. The van der Waals surface area contributed by atoms with E-state index in [1.807, 2.05) is 16.9 Å². The van der Waals surface area contributed by atoms with Crippen LogP contribution in [0.2, 0.25) is 0 Å². The van der Waals surface area contributed by atoms with Crippen LogP contribution in [0.5, 0.6) is 5.75 Å². The summed E-state index contributed by atoms with van der Waals surface area (Å²) >= 11 is 0. The maximum absolute atomic E-state index is 12.8. The van der Waals surface area contributed by atoms with Crippen molar-refractivity contribution in [3.05, 3.63) is 60.3 Å². The van der Waals surface area contributed by atoms with E-state index in [-0.39, 0.29) is 18.5 Å². The fraction of sp³-hybridized carbons (Fsp3) is 0.312. The average molecular weight is 331 g/mol. The summed E-state index contributed by atoms with van der Waals surface area (Å²) in [5.74, 6) is 1.17. The molecule has 0 radical (unpaired) electrons. The molecule has 7 nitrogen and oxygen atoms in total. The zero-order valence-electron chi connectivity index (χ0n) is 13.2. The Morgan fingerprint density at radius 1 is 1.33 bits per heavy atom. The SMILES string of the molecule is C[C@H](Cn1cccn1)NCc1nc(COc2ccc(F)cc2)no1. The Morgan fingerprint density at radius 3 is 2.92 bits per heavy atom. The molecule has 0 bridgehead atoms. The molecule has 0 spiro atoms. The molecule has 3 rings (SSSR count). The first-order valence-corrected chi connectivity index (χ1v) is 7.59. The summed E-state index contributed by atoms with van der Waals surface area (Å²) in [7, 11) is 0. The van der Waals surface area contributed by atoms with Crippen molar-refractivity contribution in [3.63, 3.8) is 0 Å². The summed E-state index contributed by atoms with van der Waals surface area (Å²) < 4.78 is 25.3. The quantitative estimate of drug-likeness (QED) is 0.681. The van der Waals surface area contributed by atoms with Gasteiger partial charge in [0.15, 0.2) is 6.61 Å².